The molecule has 0 spiro atoms. The number of carbonyl (C=O) groups is 1. The van der Waals surface area contributed by atoms with Crippen molar-refractivity contribution in [3.63, 3.8) is 0 Å². The average Bonchev–Trinajstić information content (AvgIpc) is 3.01. The van der Waals surface area contributed by atoms with Crippen LogP contribution in [0.15, 0.2) is 47.4 Å². The van der Waals surface area contributed by atoms with Gasteiger partial charge in [-0.3, -0.25) is 4.79 Å². The fourth-order valence-corrected chi connectivity index (χ4v) is 5.01. The molecular formula is C23H25FN4O3S. The van der Waals surface area contributed by atoms with Crippen LogP contribution in [0.1, 0.15) is 37.1 Å². The standard InChI is InChI=1S/C23H25FN4O3S/c1-16-6-9-18(10-7-16)32(30,31)14-12-22(29)25-17-8-11-20(24)19(15-17)23-27-26-21-5-3-2-4-13-28(21)23/h6-11,15H,2-5,12-14H2,1H3,(H,25,29). The van der Waals surface area contributed by atoms with Crippen LogP contribution in [0.25, 0.3) is 11.4 Å². The van der Waals surface area contributed by atoms with Crippen LogP contribution < -0.4 is 5.32 Å². The van der Waals surface area contributed by atoms with E-state index in [1.807, 2.05) is 11.5 Å². The van der Waals surface area contributed by atoms with Crippen molar-refractivity contribution in [3.05, 3.63) is 59.7 Å². The van der Waals surface area contributed by atoms with Crippen LogP contribution in [0, 0.1) is 12.7 Å². The second kappa shape index (κ2) is 9.20. The molecular weight excluding hydrogens is 431 g/mol. The van der Waals surface area contributed by atoms with Crippen molar-refractivity contribution in [1.82, 2.24) is 14.8 Å². The molecule has 9 heteroatoms. The van der Waals surface area contributed by atoms with Crippen molar-refractivity contribution in [2.45, 2.75) is 50.5 Å². The van der Waals surface area contributed by atoms with Crippen LogP contribution in [0.5, 0.6) is 0 Å². The summed E-state index contributed by atoms with van der Waals surface area (Å²) in [5.41, 5.74) is 1.60. The number of fused-ring (bicyclic) bond motifs is 1. The Kier molecular flexibility index (Phi) is 6.36. The Balaban J connectivity index is 1.47. The number of aryl methyl sites for hydroxylation is 2. The second-order valence-corrected chi connectivity index (χ2v) is 10.1. The fraction of sp³-hybridized carbons (Fsp3) is 0.348. The molecule has 0 aliphatic carbocycles. The molecule has 0 atom stereocenters. The van der Waals surface area contributed by atoms with Crippen LogP contribution in [0.2, 0.25) is 0 Å². The monoisotopic (exact) mass is 456 g/mol. The lowest BCUT2D eigenvalue weighted by Gasteiger charge is -2.11. The van der Waals surface area contributed by atoms with E-state index >= 15 is 0 Å². The second-order valence-electron chi connectivity index (χ2n) is 8.03. The average molecular weight is 457 g/mol. The molecule has 168 valence electrons. The number of nitrogens with zero attached hydrogens (tertiary/aromatic N) is 3. The first-order valence-electron chi connectivity index (χ1n) is 10.6. The van der Waals surface area contributed by atoms with Gasteiger partial charge in [0.25, 0.3) is 0 Å². The van der Waals surface area contributed by atoms with Crippen molar-refractivity contribution >= 4 is 21.4 Å². The molecule has 1 amide bonds. The van der Waals surface area contributed by atoms with Gasteiger partial charge >= 0.3 is 0 Å². The Morgan fingerprint density at radius 3 is 2.66 bits per heavy atom. The number of sulfone groups is 1. The van der Waals surface area contributed by atoms with E-state index < -0.39 is 21.6 Å². The summed E-state index contributed by atoms with van der Waals surface area (Å²) in [6.45, 7) is 2.60. The number of hydrogen-bond acceptors (Lipinski definition) is 5. The van der Waals surface area contributed by atoms with Crippen molar-refractivity contribution < 1.29 is 17.6 Å². The molecule has 3 aromatic rings. The highest BCUT2D eigenvalue weighted by atomic mass is 32.2. The summed E-state index contributed by atoms with van der Waals surface area (Å²) >= 11 is 0. The van der Waals surface area contributed by atoms with Gasteiger partial charge in [0, 0.05) is 25.1 Å². The third kappa shape index (κ3) is 4.88. The normalized spacial score (nSPS) is 13.9. The Labute approximate surface area is 186 Å². The molecule has 1 aliphatic rings. The van der Waals surface area contributed by atoms with E-state index in [0.29, 0.717) is 11.5 Å². The molecule has 2 aromatic carbocycles. The molecule has 0 saturated carbocycles. The van der Waals surface area contributed by atoms with Crippen LogP contribution in [0.4, 0.5) is 10.1 Å². The summed E-state index contributed by atoms with van der Waals surface area (Å²) in [7, 11) is -3.57. The highest BCUT2D eigenvalue weighted by Crippen LogP contribution is 2.27. The lowest BCUT2D eigenvalue weighted by molar-refractivity contribution is -0.115. The SMILES string of the molecule is Cc1ccc(S(=O)(=O)CCC(=O)Nc2ccc(F)c(-c3nnc4n3CCCCC4)c2)cc1. The predicted octanol–water partition coefficient (Wildman–Crippen LogP) is 3.92. The summed E-state index contributed by atoms with van der Waals surface area (Å²) in [4.78, 5) is 12.6. The molecule has 0 radical (unpaired) electrons. The van der Waals surface area contributed by atoms with Gasteiger partial charge in [0.1, 0.15) is 11.6 Å². The number of aromatic nitrogens is 3. The van der Waals surface area contributed by atoms with Gasteiger partial charge in [-0.05, 0) is 50.1 Å². The van der Waals surface area contributed by atoms with E-state index in [0.717, 1.165) is 43.6 Å². The Morgan fingerprint density at radius 1 is 1.09 bits per heavy atom. The quantitative estimate of drug-likeness (QED) is 0.607. The zero-order valence-electron chi connectivity index (χ0n) is 17.8. The lowest BCUT2D eigenvalue weighted by atomic mass is 10.1. The molecule has 1 N–H and O–H groups in total. The molecule has 7 nitrogen and oxygen atoms in total. The molecule has 4 rings (SSSR count). The smallest absolute Gasteiger partial charge is 0.225 e. The lowest BCUT2D eigenvalue weighted by Crippen LogP contribution is -2.17. The van der Waals surface area contributed by atoms with E-state index in [9.17, 15) is 17.6 Å². The molecule has 1 aliphatic heterocycles. The largest absolute Gasteiger partial charge is 0.326 e. The minimum Gasteiger partial charge on any atom is -0.326 e. The van der Waals surface area contributed by atoms with E-state index in [2.05, 4.69) is 15.5 Å². The van der Waals surface area contributed by atoms with Gasteiger partial charge in [-0.1, -0.05) is 24.1 Å². The first-order chi connectivity index (χ1) is 15.3. The number of amides is 1. The zero-order valence-corrected chi connectivity index (χ0v) is 18.7. The van der Waals surface area contributed by atoms with Gasteiger partial charge < -0.3 is 9.88 Å². The van der Waals surface area contributed by atoms with Gasteiger partial charge in [-0.15, -0.1) is 10.2 Å². The number of rotatable bonds is 6. The number of nitrogens with one attached hydrogen (secondary N) is 1. The Morgan fingerprint density at radius 2 is 1.88 bits per heavy atom. The number of benzene rings is 2. The maximum atomic E-state index is 14.6. The Hall–Kier alpha value is -3.07. The maximum absolute atomic E-state index is 14.6. The van der Waals surface area contributed by atoms with Crippen LogP contribution in [-0.4, -0.2) is 34.8 Å². The number of halogens is 1. The number of anilines is 1. The van der Waals surface area contributed by atoms with E-state index in [1.165, 1.54) is 30.3 Å². The molecule has 0 unspecified atom stereocenters. The third-order valence-corrected chi connectivity index (χ3v) is 7.31. The van der Waals surface area contributed by atoms with Gasteiger partial charge in [0.2, 0.25) is 5.91 Å². The van der Waals surface area contributed by atoms with Crippen LogP contribution in [0.3, 0.4) is 0 Å². The number of carbonyl (C=O) groups excluding carboxylic acids is 1. The minimum absolute atomic E-state index is 0.187. The molecule has 2 heterocycles. The van der Waals surface area contributed by atoms with Crippen LogP contribution >= 0.6 is 0 Å². The van der Waals surface area contributed by atoms with E-state index in [-0.39, 0.29) is 22.6 Å². The van der Waals surface area contributed by atoms with Crippen molar-refractivity contribution in [2.75, 3.05) is 11.1 Å². The highest BCUT2D eigenvalue weighted by Gasteiger charge is 2.20. The fourth-order valence-electron chi connectivity index (χ4n) is 3.77. The molecule has 0 saturated heterocycles. The zero-order chi connectivity index (χ0) is 22.7. The molecule has 0 fully saturated rings. The predicted molar refractivity (Wildman–Crippen MR) is 119 cm³/mol. The minimum atomic E-state index is -3.57. The summed E-state index contributed by atoms with van der Waals surface area (Å²) in [6, 6.07) is 10.8. The summed E-state index contributed by atoms with van der Waals surface area (Å²) in [5.74, 6) is 0.0565. The Bertz CT molecular complexity index is 1240. The first-order valence-corrected chi connectivity index (χ1v) is 12.3. The summed E-state index contributed by atoms with van der Waals surface area (Å²) in [6.07, 6.45) is 3.70. The summed E-state index contributed by atoms with van der Waals surface area (Å²) < 4.78 is 41.5. The highest BCUT2D eigenvalue weighted by molar-refractivity contribution is 7.91. The number of hydrogen-bond donors (Lipinski definition) is 1. The molecule has 0 bridgehead atoms. The van der Waals surface area contributed by atoms with Gasteiger partial charge in [0.05, 0.1) is 16.2 Å². The van der Waals surface area contributed by atoms with Crippen molar-refractivity contribution in [1.29, 1.82) is 0 Å². The van der Waals surface area contributed by atoms with Gasteiger partial charge in [-0.25, -0.2) is 12.8 Å². The van der Waals surface area contributed by atoms with Gasteiger partial charge in [0.15, 0.2) is 15.7 Å². The maximum Gasteiger partial charge on any atom is 0.225 e. The van der Waals surface area contributed by atoms with E-state index in [1.54, 1.807) is 12.1 Å². The van der Waals surface area contributed by atoms with E-state index in [4.69, 9.17) is 0 Å². The van der Waals surface area contributed by atoms with Crippen molar-refractivity contribution in [2.24, 2.45) is 0 Å². The summed E-state index contributed by atoms with van der Waals surface area (Å²) in [5, 5.41) is 11.1. The third-order valence-electron chi connectivity index (χ3n) is 5.58. The van der Waals surface area contributed by atoms with Crippen LogP contribution in [-0.2, 0) is 27.6 Å². The molecule has 1 aromatic heterocycles. The first kappa shape index (κ1) is 22.1. The van der Waals surface area contributed by atoms with Crippen molar-refractivity contribution in [3.8, 4) is 11.4 Å². The molecule has 32 heavy (non-hydrogen) atoms. The van der Waals surface area contributed by atoms with Gasteiger partial charge in [-0.2, -0.15) is 0 Å². The topological polar surface area (TPSA) is 93.9 Å².